The van der Waals surface area contributed by atoms with Gasteiger partial charge in [-0.1, -0.05) is 29.3 Å². The second-order valence-electron chi connectivity index (χ2n) is 6.78. The summed E-state index contributed by atoms with van der Waals surface area (Å²) in [5.41, 5.74) is 2.79. The number of amides is 1. The monoisotopic (exact) mass is 303 g/mol. The molecule has 0 radical (unpaired) electrons. The third-order valence-electron chi connectivity index (χ3n) is 4.47. The fraction of sp³-hybridized carbons (Fsp3) is 0.556. The number of carboxylic acids is 1. The Morgan fingerprint density at radius 3 is 2.45 bits per heavy atom. The molecule has 120 valence electrons. The lowest BCUT2D eigenvalue weighted by molar-refractivity contribution is -0.153. The highest BCUT2D eigenvalue weighted by molar-refractivity contribution is 5.79. The Morgan fingerprint density at radius 2 is 1.86 bits per heavy atom. The second-order valence-corrected chi connectivity index (χ2v) is 6.78. The first-order chi connectivity index (χ1) is 10.3. The normalized spacial score (nSPS) is 21.7. The van der Waals surface area contributed by atoms with E-state index in [1.807, 2.05) is 0 Å². The maximum absolute atomic E-state index is 12.4. The zero-order chi connectivity index (χ0) is 16.3. The topological polar surface area (TPSA) is 57.6 Å². The van der Waals surface area contributed by atoms with Gasteiger partial charge in [0.15, 0.2) is 0 Å². The molecular formula is C18H25NO3. The van der Waals surface area contributed by atoms with Crippen LogP contribution in [0.5, 0.6) is 0 Å². The molecule has 0 bridgehead atoms. The van der Waals surface area contributed by atoms with Gasteiger partial charge in [0.2, 0.25) is 5.91 Å². The number of hydrogen-bond donors (Lipinski definition) is 1. The lowest BCUT2D eigenvalue weighted by Crippen LogP contribution is -2.48. The molecule has 22 heavy (non-hydrogen) atoms. The molecule has 1 unspecified atom stereocenters. The number of benzene rings is 1. The van der Waals surface area contributed by atoms with E-state index in [-0.39, 0.29) is 5.91 Å². The van der Waals surface area contributed by atoms with Crippen molar-refractivity contribution >= 4 is 11.9 Å². The molecule has 1 N–H and O–H groups in total. The standard InChI is InChI=1S/C18H25NO3/c1-13-9-14(2)11-15(10-13)5-6-16(20)19-8-4-7-18(3,12-19)17(21)22/h9-11H,4-8,12H2,1-3H3,(H,21,22). The molecule has 2 rings (SSSR count). The van der Waals surface area contributed by atoms with Gasteiger partial charge in [-0.3, -0.25) is 9.59 Å². The number of carbonyl (C=O) groups excluding carboxylic acids is 1. The molecule has 1 saturated heterocycles. The van der Waals surface area contributed by atoms with Crippen molar-refractivity contribution in [2.24, 2.45) is 5.41 Å². The maximum atomic E-state index is 12.4. The number of likely N-dealkylation sites (tertiary alicyclic amines) is 1. The summed E-state index contributed by atoms with van der Waals surface area (Å²) in [6, 6.07) is 6.34. The van der Waals surface area contributed by atoms with Gasteiger partial charge >= 0.3 is 5.97 Å². The van der Waals surface area contributed by atoms with E-state index in [0.717, 1.165) is 6.42 Å². The fourth-order valence-corrected chi connectivity index (χ4v) is 3.25. The lowest BCUT2D eigenvalue weighted by Gasteiger charge is -2.37. The van der Waals surface area contributed by atoms with Crippen LogP contribution in [0, 0.1) is 19.3 Å². The van der Waals surface area contributed by atoms with Crippen molar-refractivity contribution in [2.75, 3.05) is 13.1 Å². The van der Waals surface area contributed by atoms with E-state index < -0.39 is 11.4 Å². The van der Waals surface area contributed by atoms with Crippen molar-refractivity contribution in [1.82, 2.24) is 4.90 Å². The van der Waals surface area contributed by atoms with Gasteiger partial charge in [-0.15, -0.1) is 0 Å². The Hall–Kier alpha value is -1.84. The van der Waals surface area contributed by atoms with E-state index in [0.29, 0.717) is 32.4 Å². The van der Waals surface area contributed by atoms with Crippen molar-refractivity contribution in [2.45, 2.75) is 46.5 Å². The minimum Gasteiger partial charge on any atom is -0.481 e. The largest absolute Gasteiger partial charge is 0.481 e. The quantitative estimate of drug-likeness (QED) is 0.930. The molecular weight excluding hydrogens is 278 g/mol. The highest BCUT2D eigenvalue weighted by Crippen LogP contribution is 2.30. The highest BCUT2D eigenvalue weighted by atomic mass is 16.4. The van der Waals surface area contributed by atoms with E-state index in [9.17, 15) is 14.7 Å². The van der Waals surface area contributed by atoms with Crippen molar-refractivity contribution in [3.8, 4) is 0 Å². The van der Waals surface area contributed by atoms with E-state index >= 15 is 0 Å². The van der Waals surface area contributed by atoms with Crippen LogP contribution in [0.25, 0.3) is 0 Å². The van der Waals surface area contributed by atoms with Gasteiger partial charge < -0.3 is 10.0 Å². The van der Waals surface area contributed by atoms with Crippen LogP contribution >= 0.6 is 0 Å². The summed E-state index contributed by atoms with van der Waals surface area (Å²) < 4.78 is 0. The van der Waals surface area contributed by atoms with Crippen LogP contribution in [-0.4, -0.2) is 35.0 Å². The Morgan fingerprint density at radius 1 is 1.23 bits per heavy atom. The van der Waals surface area contributed by atoms with E-state index in [1.165, 1.54) is 16.7 Å². The van der Waals surface area contributed by atoms with E-state index in [2.05, 4.69) is 32.0 Å². The summed E-state index contributed by atoms with van der Waals surface area (Å²) in [5.74, 6) is -0.745. The van der Waals surface area contributed by atoms with Gasteiger partial charge in [0.05, 0.1) is 5.41 Å². The Balaban J connectivity index is 1.96. The molecule has 0 aliphatic carbocycles. The lowest BCUT2D eigenvalue weighted by atomic mass is 9.82. The molecule has 1 amide bonds. The van der Waals surface area contributed by atoms with Crippen molar-refractivity contribution in [3.05, 3.63) is 34.9 Å². The number of hydrogen-bond acceptors (Lipinski definition) is 2. The number of rotatable bonds is 4. The van der Waals surface area contributed by atoms with Crippen molar-refractivity contribution < 1.29 is 14.7 Å². The second kappa shape index (κ2) is 6.51. The van der Waals surface area contributed by atoms with E-state index in [4.69, 9.17) is 0 Å². The minimum absolute atomic E-state index is 0.0614. The maximum Gasteiger partial charge on any atom is 0.311 e. The van der Waals surface area contributed by atoms with Crippen LogP contribution in [0.4, 0.5) is 0 Å². The SMILES string of the molecule is Cc1cc(C)cc(CCC(=O)N2CCCC(C)(C(=O)O)C2)c1. The molecule has 1 heterocycles. The third kappa shape index (κ3) is 3.87. The van der Waals surface area contributed by atoms with Crippen LogP contribution in [-0.2, 0) is 16.0 Å². The Labute approximate surface area is 132 Å². The molecule has 1 aromatic carbocycles. The van der Waals surface area contributed by atoms with Gasteiger partial charge in [-0.2, -0.15) is 0 Å². The Kier molecular flexibility index (Phi) is 4.89. The first-order valence-electron chi connectivity index (χ1n) is 7.88. The number of carboxylic acid groups (broad SMARTS) is 1. The van der Waals surface area contributed by atoms with Gasteiger partial charge in [0, 0.05) is 19.5 Å². The first-order valence-corrected chi connectivity index (χ1v) is 7.88. The molecule has 1 atom stereocenters. The van der Waals surface area contributed by atoms with Gasteiger partial charge in [0.25, 0.3) is 0 Å². The van der Waals surface area contributed by atoms with Crippen molar-refractivity contribution in [1.29, 1.82) is 0 Å². The average Bonchev–Trinajstić information content (AvgIpc) is 2.43. The number of aliphatic carboxylic acids is 1. The molecule has 1 aliphatic heterocycles. The number of carbonyl (C=O) groups is 2. The molecule has 4 heteroatoms. The van der Waals surface area contributed by atoms with Crippen LogP contribution < -0.4 is 0 Å². The van der Waals surface area contributed by atoms with Crippen molar-refractivity contribution in [3.63, 3.8) is 0 Å². The molecule has 1 aliphatic rings. The predicted octanol–water partition coefficient (Wildman–Crippen LogP) is 2.95. The summed E-state index contributed by atoms with van der Waals surface area (Å²) in [5, 5.41) is 9.33. The summed E-state index contributed by atoms with van der Waals surface area (Å²) in [6.07, 6.45) is 2.56. The van der Waals surface area contributed by atoms with Gasteiger partial charge in [-0.05, 0) is 45.6 Å². The van der Waals surface area contributed by atoms with Gasteiger partial charge in [0.1, 0.15) is 0 Å². The van der Waals surface area contributed by atoms with Gasteiger partial charge in [-0.25, -0.2) is 0 Å². The molecule has 4 nitrogen and oxygen atoms in total. The minimum atomic E-state index is -0.806. The molecule has 1 aromatic rings. The van der Waals surface area contributed by atoms with Crippen LogP contribution in [0.3, 0.4) is 0 Å². The zero-order valence-corrected chi connectivity index (χ0v) is 13.7. The predicted molar refractivity (Wildman–Crippen MR) is 85.8 cm³/mol. The van der Waals surface area contributed by atoms with Crippen LogP contribution in [0.1, 0.15) is 42.9 Å². The number of piperidine rings is 1. The summed E-state index contributed by atoms with van der Waals surface area (Å²) in [4.78, 5) is 25.5. The number of nitrogens with zero attached hydrogens (tertiary/aromatic N) is 1. The Bertz CT molecular complexity index is 561. The summed E-state index contributed by atoms with van der Waals surface area (Å²) in [6.45, 7) is 6.85. The summed E-state index contributed by atoms with van der Waals surface area (Å²) >= 11 is 0. The zero-order valence-electron chi connectivity index (χ0n) is 13.7. The smallest absolute Gasteiger partial charge is 0.311 e. The number of aryl methyl sites for hydroxylation is 3. The third-order valence-corrected chi connectivity index (χ3v) is 4.47. The molecule has 0 spiro atoms. The molecule has 0 saturated carbocycles. The van der Waals surface area contributed by atoms with E-state index in [1.54, 1.807) is 11.8 Å². The van der Waals surface area contributed by atoms with Crippen LogP contribution in [0.2, 0.25) is 0 Å². The first kappa shape index (κ1) is 16.5. The molecule has 1 fully saturated rings. The summed E-state index contributed by atoms with van der Waals surface area (Å²) in [7, 11) is 0. The fourth-order valence-electron chi connectivity index (χ4n) is 3.25. The highest BCUT2D eigenvalue weighted by Gasteiger charge is 2.39. The van der Waals surface area contributed by atoms with Crippen LogP contribution in [0.15, 0.2) is 18.2 Å². The average molecular weight is 303 g/mol. The molecule has 0 aromatic heterocycles.